The summed E-state index contributed by atoms with van der Waals surface area (Å²) in [5.41, 5.74) is 5.24. The minimum Gasteiger partial charge on any atom is -0.350 e. The van der Waals surface area contributed by atoms with Gasteiger partial charge in [0.15, 0.2) is 0 Å². The Hall–Kier alpha value is -1.95. The van der Waals surface area contributed by atoms with Crippen molar-refractivity contribution in [2.75, 3.05) is 18.0 Å². The molecule has 1 saturated carbocycles. The fraction of sp³-hybridized carbons (Fsp3) is 0.650. The maximum Gasteiger partial charge on any atom is 0.132 e. The van der Waals surface area contributed by atoms with Crippen molar-refractivity contribution in [2.45, 2.75) is 70.5 Å². The van der Waals surface area contributed by atoms with E-state index in [4.69, 9.17) is 0 Å². The van der Waals surface area contributed by atoms with Gasteiger partial charge in [0.2, 0.25) is 0 Å². The molecule has 0 spiro atoms. The number of hydrogen-bond acceptors (Lipinski definition) is 5. The van der Waals surface area contributed by atoms with Crippen molar-refractivity contribution in [3.8, 4) is 0 Å². The van der Waals surface area contributed by atoms with Gasteiger partial charge in [0.1, 0.15) is 12.1 Å². The van der Waals surface area contributed by atoms with Gasteiger partial charge >= 0.3 is 0 Å². The molecule has 0 unspecified atom stereocenters. The number of piperidine rings is 1. The number of likely N-dealkylation sites (tertiary alicyclic amines) is 1. The largest absolute Gasteiger partial charge is 0.350 e. The minimum absolute atomic E-state index is 0.609. The average Bonchev–Trinajstić information content (AvgIpc) is 3.23. The number of H-pyrrole nitrogens is 1. The minimum atomic E-state index is 0.609. The summed E-state index contributed by atoms with van der Waals surface area (Å²) in [7, 11) is 0. The first kappa shape index (κ1) is 16.2. The van der Waals surface area contributed by atoms with Crippen molar-refractivity contribution in [3.63, 3.8) is 0 Å². The van der Waals surface area contributed by atoms with Gasteiger partial charge in [-0.2, -0.15) is 5.10 Å². The Labute approximate surface area is 155 Å². The van der Waals surface area contributed by atoms with Crippen LogP contribution < -0.4 is 4.90 Å². The van der Waals surface area contributed by atoms with Crippen LogP contribution in [0, 0.1) is 6.92 Å². The lowest BCUT2D eigenvalue weighted by Crippen LogP contribution is -2.46. The first-order valence-corrected chi connectivity index (χ1v) is 10.1. The van der Waals surface area contributed by atoms with Crippen molar-refractivity contribution in [1.82, 2.24) is 25.1 Å². The van der Waals surface area contributed by atoms with Crippen LogP contribution in [0.3, 0.4) is 0 Å². The van der Waals surface area contributed by atoms with Gasteiger partial charge in [-0.3, -0.25) is 10.00 Å². The zero-order chi connectivity index (χ0) is 17.5. The molecule has 2 fully saturated rings. The van der Waals surface area contributed by atoms with Gasteiger partial charge in [0, 0.05) is 49.2 Å². The molecule has 0 aromatic carbocycles. The van der Waals surface area contributed by atoms with Crippen LogP contribution in [0.15, 0.2) is 12.4 Å². The first-order chi connectivity index (χ1) is 12.8. The highest BCUT2D eigenvalue weighted by molar-refractivity contribution is 5.43. The molecule has 1 N–H and O–H groups in total. The zero-order valence-corrected chi connectivity index (χ0v) is 15.6. The number of anilines is 1. The van der Waals surface area contributed by atoms with Gasteiger partial charge < -0.3 is 4.90 Å². The predicted molar refractivity (Wildman–Crippen MR) is 101 cm³/mol. The Morgan fingerprint density at radius 1 is 1.12 bits per heavy atom. The van der Waals surface area contributed by atoms with Crippen molar-refractivity contribution in [3.05, 3.63) is 35.0 Å². The highest BCUT2D eigenvalue weighted by Crippen LogP contribution is 2.35. The Morgan fingerprint density at radius 3 is 2.69 bits per heavy atom. The molecule has 138 valence electrons. The third kappa shape index (κ3) is 3.11. The van der Waals surface area contributed by atoms with E-state index < -0.39 is 0 Å². The van der Waals surface area contributed by atoms with E-state index in [1.165, 1.54) is 61.9 Å². The summed E-state index contributed by atoms with van der Waals surface area (Å²) in [5.74, 6) is 1.13. The predicted octanol–water partition coefficient (Wildman–Crippen LogP) is 2.63. The van der Waals surface area contributed by atoms with Crippen LogP contribution in [0.25, 0.3) is 0 Å². The molecule has 5 rings (SSSR count). The molecule has 2 aliphatic carbocycles. The van der Waals surface area contributed by atoms with E-state index in [0.29, 0.717) is 12.1 Å². The first-order valence-electron chi connectivity index (χ1n) is 10.1. The molecule has 2 aromatic heterocycles. The van der Waals surface area contributed by atoms with Gasteiger partial charge in [-0.05, 0) is 57.4 Å². The standard InChI is InChI=1S/C20H28N6/c1-14-11-20(22-13-21-14)26(15-5-6-15)16-7-9-25(10-8-16)12-19-17-3-2-4-18(17)23-24-19/h11,13,15-16H,2-10,12H2,1H3,(H,23,24). The number of rotatable bonds is 5. The second-order valence-electron chi connectivity index (χ2n) is 8.14. The number of hydrogen-bond donors (Lipinski definition) is 1. The van der Waals surface area contributed by atoms with E-state index in [9.17, 15) is 0 Å². The summed E-state index contributed by atoms with van der Waals surface area (Å²) in [5, 5.41) is 7.84. The van der Waals surface area contributed by atoms with E-state index >= 15 is 0 Å². The lowest BCUT2D eigenvalue weighted by molar-refractivity contribution is 0.198. The highest BCUT2D eigenvalue weighted by Gasteiger charge is 2.36. The van der Waals surface area contributed by atoms with Gasteiger partial charge in [-0.1, -0.05) is 0 Å². The number of aromatic nitrogens is 4. The van der Waals surface area contributed by atoms with Crippen LogP contribution in [0.5, 0.6) is 0 Å². The molecule has 0 atom stereocenters. The Morgan fingerprint density at radius 2 is 1.92 bits per heavy atom. The van der Waals surface area contributed by atoms with Crippen molar-refractivity contribution < 1.29 is 0 Å². The van der Waals surface area contributed by atoms with E-state index in [1.54, 1.807) is 6.33 Å². The summed E-state index contributed by atoms with van der Waals surface area (Å²) in [6.07, 6.45) is 10.4. The monoisotopic (exact) mass is 352 g/mol. The van der Waals surface area contributed by atoms with Crippen LogP contribution in [-0.4, -0.2) is 50.2 Å². The molecule has 0 bridgehead atoms. The molecule has 0 radical (unpaired) electrons. The third-order valence-electron chi connectivity index (χ3n) is 6.21. The molecule has 6 heteroatoms. The van der Waals surface area contributed by atoms with Gasteiger partial charge in [-0.25, -0.2) is 9.97 Å². The van der Waals surface area contributed by atoms with E-state index in [0.717, 1.165) is 31.1 Å². The number of aromatic amines is 1. The fourth-order valence-electron chi connectivity index (χ4n) is 4.69. The summed E-state index contributed by atoms with van der Waals surface area (Å²) < 4.78 is 0. The molecular weight excluding hydrogens is 324 g/mol. The third-order valence-corrected chi connectivity index (χ3v) is 6.21. The van der Waals surface area contributed by atoms with Crippen LogP contribution in [0.2, 0.25) is 0 Å². The molecule has 1 saturated heterocycles. The molecular formula is C20H28N6. The van der Waals surface area contributed by atoms with Crippen molar-refractivity contribution >= 4 is 5.82 Å². The van der Waals surface area contributed by atoms with Gasteiger partial charge in [0.05, 0.1) is 5.69 Å². The molecule has 26 heavy (non-hydrogen) atoms. The maximum atomic E-state index is 4.59. The number of nitrogens with zero attached hydrogens (tertiary/aromatic N) is 5. The normalized spacial score (nSPS) is 21.1. The second-order valence-corrected chi connectivity index (χ2v) is 8.14. The number of fused-ring (bicyclic) bond motifs is 1. The molecule has 1 aliphatic heterocycles. The van der Waals surface area contributed by atoms with E-state index in [1.807, 2.05) is 0 Å². The molecule has 6 nitrogen and oxygen atoms in total. The zero-order valence-electron chi connectivity index (χ0n) is 15.6. The topological polar surface area (TPSA) is 60.9 Å². The number of nitrogens with one attached hydrogen (secondary N) is 1. The smallest absolute Gasteiger partial charge is 0.132 e. The van der Waals surface area contributed by atoms with Gasteiger partial charge in [-0.15, -0.1) is 0 Å². The summed E-state index contributed by atoms with van der Waals surface area (Å²) in [4.78, 5) is 14.0. The van der Waals surface area contributed by atoms with Crippen LogP contribution in [-0.2, 0) is 19.4 Å². The lowest BCUT2D eigenvalue weighted by atomic mass is 10.0. The SMILES string of the molecule is Cc1cc(N(C2CC2)C2CCN(Cc3n[nH]c4c3CCC4)CC2)ncn1. The highest BCUT2D eigenvalue weighted by atomic mass is 15.3. The van der Waals surface area contributed by atoms with Crippen molar-refractivity contribution in [1.29, 1.82) is 0 Å². The summed E-state index contributed by atoms with van der Waals surface area (Å²) >= 11 is 0. The lowest BCUT2D eigenvalue weighted by Gasteiger charge is -2.39. The Balaban J connectivity index is 1.24. The molecule has 3 heterocycles. The van der Waals surface area contributed by atoms with E-state index in [-0.39, 0.29) is 0 Å². The van der Waals surface area contributed by atoms with Crippen molar-refractivity contribution in [2.24, 2.45) is 0 Å². The summed E-state index contributed by atoms with van der Waals surface area (Å²) in [6.45, 7) is 5.37. The second kappa shape index (κ2) is 6.65. The Kier molecular flexibility index (Phi) is 4.15. The fourth-order valence-corrected chi connectivity index (χ4v) is 4.69. The molecule has 3 aliphatic rings. The maximum absolute atomic E-state index is 4.59. The van der Waals surface area contributed by atoms with Crippen LogP contribution in [0.4, 0.5) is 5.82 Å². The average molecular weight is 352 g/mol. The molecule has 0 amide bonds. The quantitative estimate of drug-likeness (QED) is 0.896. The van der Waals surface area contributed by atoms with Gasteiger partial charge in [0.25, 0.3) is 0 Å². The van der Waals surface area contributed by atoms with Crippen LogP contribution in [0.1, 0.15) is 54.7 Å². The molecule has 2 aromatic rings. The van der Waals surface area contributed by atoms with E-state index in [2.05, 4.69) is 43.0 Å². The number of aryl methyl sites for hydroxylation is 2. The van der Waals surface area contributed by atoms with Crippen LogP contribution >= 0.6 is 0 Å². The Bertz CT molecular complexity index is 772. The summed E-state index contributed by atoms with van der Waals surface area (Å²) in [6, 6.07) is 3.45.